The van der Waals surface area contributed by atoms with E-state index in [0.717, 1.165) is 24.3 Å². The maximum Gasteiger partial charge on any atom is 0.232 e. The molecule has 1 saturated heterocycles. The lowest BCUT2D eigenvalue weighted by Crippen LogP contribution is -2.46. The average molecular weight is 288 g/mol. The number of halogens is 1. The van der Waals surface area contributed by atoms with E-state index in [9.17, 15) is 4.79 Å². The summed E-state index contributed by atoms with van der Waals surface area (Å²) in [6.45, 7) is 1.55. The molecule has 1 unspecified atom stereocenters. The Morgan fingerprint density at radius 1 is 1.50 bits per heavy atom. The maximum atomic E-state index is 12.0. The van der Waals surface area contributed by atoms with Crippen molar-refractivity contribution in [2.75, 3.05) is 18.8 Å². The molecule has 0 radical (unpaired) electrons. The van der Waals surface area contributed by atoms with Gasteiger partial charge in [-0.25, -0.2) is 0 Å². The molecule has 6 heteroatoms. The van der Waals surface area contributed by atoms with Gasteiger partial charge >= 0.3 is 0 Å². The van der Waals surface area contributed by atoms with Crippen LogP contribution in [0.2, 0.25) is 0 Å². The molecule has 1 aromatic rings. The van der Waals surface area contributed by atoms with Crippen LogP contribution in [0, 0.1) is 0 Å². The van der Waals surface area contributed by atoms with Gasteiger partial charge in [0, 0.05) is 36.4 Å². The molecule has 0 aliphatic carbocycles. The number of aromatic nitrogens is 1. The number of pyridine rings is 1. The number of hydrogen-bond acceptors (Lipinski definition) is 4. The van der Waals surface area contributed by atoms with E-state index in [1.807, 2.05) is 17.0 Å². The lowest BCUT2D eigenvalue weighted by molar-refractivity contribution is -0.129. The number of carbonyl (C=O) groups is 1. The molecule has 2 rings (SSSR count). The van der Waals surface area contributed by atoms with Crippen LogP contribution >= 0.6 is 24.2 Å². The van der Waals surface area contributed by atoms with E-state index in [1.165, 1.54) is 0 Å². The molecule has 1 fully saturated rings. The first-order chi connectivity index (χ1) is 8.25. The number of rotatable bonds is 3. The van der Waals surface area contributed by atoms with Gasteiger partial charge in [0.05, 0.1) is 5.75 Å². The largest absolute Gasteiger partial charge is 0.340 e. The van der Waals surface area contributed by atoms with Crippen molar-refractivity contribution >= 4 is 30.1 Å². The molecule has 1 aliphatic heterocycles. The third-order valence-electron chi connectivity index (χ3n) is 2.82. The minimum atomic E-state index is 0. The summed E-state index contributed by atoms with van der Waals surface area (Å²) >= 11 is 1.55. The summed E-state index contributed by atoms with van der Waals surface area (Å²) in [5, 5.41) is 0. The lowest BCUT2D eigenvalue weighted by atomic mass is 10.1. The summed E-state index contributed by atoms with van der Waals surface area (Å²) < 4.78 is 0. The number of carbonyl (C=O) groups excluding carboxylic acids is 1. The van der Waals surface area contributed by atoms with Gasteiger partial charge in [-0.2, -0.15) is 0 Å². The highest BCUT2D eigenvalue weighted by molar-refractivity contribution is 8.00. The van der Waals surface area contributed by atoms with E-state index in [0.29, 0.717) is 12.3 Å². The van der Waals surface area contributed by atoms with E-state index in [2.05, 4.69) is 4.98 Å². The monoisotopic (exact) mass is 287 g/mol. The summed E-state index contributed by atoms with van der Waals surface area (Å²) in [7, 11) is 0. The van der Waals surface area contributed by atoms with Crippen molar-refractivity contribution in [1.82, 2.24) is 9.88 Å². The van der Waals surface area contributed by atoms with Gasteiger partial charge in [-0.1, -0.05) is 0 Å². The summed E-state index contributed by atoms with van der Waals surface area (Å²) in [6, 6.07) is 3.98. The second-order valence-electron chi connectivity index (χ2n) is 4.21. The van der Waals surface area contributed by atoms with Crippen LogP contribution < -0.4 is 5.73 Å². The molecule has 1 aromatic heterocycles. The molecule has 4 nitrogen and oxygen atoms in total. The standard InChI is InChI=1S/C12H17N3OS.ClH/c13-10-2-1-7-15(8-10)12(16)9-17-11-3-5-14-6-4-11;/h3-6,10H,1-2,7-9,13H2;1H. The second-order valence-corrected chi connectivity index (χ2v) is 5.26. The van der Waals surface area contributed by atoms with Crippen molar-refractivity contribution in [2.45, 2.75) is 23.8 Å². The summed E-state index contributed by atoms with van der Waals surface area (Å²) in [4.78, 5) is 18.9. The Morgan fingerprint density at radius 3 is 2.89 bits per heavy atom. The molecule has 0 spiro atoms. The highest BCUT2D eigenvalue weighted by Gasteiger charge is 2.20. The quantitative estimate of drug-likeness (QED) is 0.857. The zero-order chi connectivity index (χ0) is 12.1. The van der Waals surface area contributed by atoms with Crippen LogP contribution in [0.4, 0.5) is 0 Å². The Morgan fingerprint density at radius 2 is 2.22 bits per heavy atom. The number of nitrogens with zero attached hydrogens (tertiary/aromatic N) is 2. The Labute approximate surface area is 118 Å². The first kappa shape index (κ1) is 15.3. The fraction of sp³-hybridized carbons (Fsp3) is 0.500. The van der Waals surface area contributed by atoms with Crippen molar-refractivity contribution in [3.63, 3.8) is 0 Å². The topological polar surface area (TPSA) is 59.2 Å². The van der Waals surface area contributed by atoms with Crippen molar-refractivity contribution in [3.05, 3.63) is 24.5 Å². The van der Waals surface area contributed by atoms with Crippen LogP contribution in [0.25, 0.3) is 0 Å². The van der Waals surface area contributed by atoms with Gasteiger partial charge in [-0.05, 0) is 25.0 Å². The number of thioether (sulfide) groups is 1. The molecule has 0 aromatic carbocycles. The van der Waals surface area contributed by atoms with E-state index >= 15 is 0 Å². The molecule has 2 heterocycles. The molecule has 0 saturated carbocycles. The van der Waals surface area contributed by atoms with E-state index in [4.69, 9.17) is 5.73 Å². The number of amides is 1. The van der Waals surface area contributed by atoms with E-state index < -0.39 is 0 Å². The third kappa shape index (κ3) is 4.48. The Hall–Kier alpha value is -0.780. The zero-order valence-corrected chi connectivity index (χ0v) is 11.8. The summed E-state index contributed by atoms with van der Waals surface area (Å²) in [5.41, 5.74) is 5.86. The highest BCUT2D eigenvalue weighted by atomic mass is 35.5. The van der Waals surface area contributed by atoms with Crippen molar-refractivity contribution in [2.24, 2.45) is 5.73 Å². The fourth-order valence-electron chi connectivity index (χ4n) is 1.91. The second kappa shape index (κ2) is 7.61. The molecular formula is C12H18ClN3OS. The first-order valence-corrected chi connectivity index (χ1v) is 6.80. The van der Waals surface area contributed by atoms with Gasteiger partial charge in [-0.15, -0.1) is 24.2 Å². The Kier molecular flexibility index (Phi) is 6.46. The van der Waals surface area contributed by atoms with E-state index in [-0.39, 0.29) is 24.4 Å². The number of piperidine rings is 1. The predicted molar refractivity (Wildman–Crippen MR) is 76.0 cm³/mol. The third-order valence-corrected chi connectivity index (χ3v) is 3.82. The smallest absolute Gasteiger partial charge is 0.232 e. The average Bonchev–Trinajstić information content (AvgIpc) is 2.37. The van der Waals surface area contributed by atoms with Crippen LogP contribution in [0.1, 0.15) is 12.8 Å². The first-order valence-electron chi connectivity index (χ1n) is 5.82. The summed E-state index contributed by atoms with van der Waals surface area (Å²) in [6.07, 6.45) is 5.53. The van der Waals surface area contributed by atoms with Gasteiger partial charge in [-0.3, -0.25) is 9.78 Å². The van der Waals surface area contributed by atoms with Crippen LogP contribution in [-0.2, 0) is 4.79 Å². The molecule has 18 heavy (non-hydrogen) atoms. The minimum Gasteiger partial charge on any atom is -0.340 e. The number of likely N-dealkylation sites (tertiary alicyclic amines) is 1. The van der Waals surface area contributed by atoms with E-state index in [1.54, 1.807) is 24.2 Å². The zero-order valence-electron chi connectivity index (χ0n) is 10.1. The molecule has 100 valence electrons. The number of hydrogen-bond donors (Lipinski definition) is 1. The maximum absolute atomic E-state index is 12.0. The lowest BCUT2D eigenvalue weighted by Gasteiger charge is -2.30. The predicted octanol–water partition coefficient (Wildman–Crippen LogP) is 1.55. The minimum absolute atomic E-state index is 0. The van der Waals surface area contributed by atoms with Crippen molar-refractivity contribution in [1.29, 1.82) is 0 Å². The molecule has 0 bridgehead atoms. The SMILES string of the molecule is Cl.NC1CCCN(C(=O)CSc2ccncc2)C1. The van der Waals surface area contributed by atoms with Crippen LogP contribution in [-0.4, -0.2) is 40.7 Å². The van der Waals surface area contributed by atoms with Crippen molar-refractivity contribution < 1.29 is 4.79 Å². The van der Waals surface area contributed by atoms with Gasteiger partial charge in [0.15, 0.2) is 0 Å². The molecule has 2 N–H and O–H groups in total. The van der Waals surface area contributed by atoms with Crippen LogP contribution in [0.3, 0.4) is 0 Å². The van der Waals surface area contributed by atoms with Gasteiger partial charge in [0.25, 0.3) is 0 Å². The summed E-state index contributed by atoms with van der Waals surface area (Å²) in [5.74, 6) is 0.665. The van der Waals surface area contributed by atoms with Crippen molar-refractivity contribution in [3.8, 4) is 0 Å². The van der Waals surface area contributed by atoms with Crippen LogP contribution in [0.15, 0.2) is 29.4 Å². The number of nitrogens with two attached hydrogens (primary N) is 1. The normalized spacial score (nSPS) is 19.2. The molecule has 1 atom stereocenters. The van der Waals surface area contributed by atoms with Gasteiger partial charge in [0.2, 0.25) is 5.91 Å². The Balaban J connectivity index is 0.00000162. The fourth-order valence-corrected chi connectivity index (χ4v) is 2.69. The van der Waals surface area contributed by atoms with Gasteiger partial charge in [0.1, 0.15) is 0 Å². The van der Waals surface area contributed by atoms with Crippen LogP contribution in [0.5, 0.6) is 0 Å². The molecule has 1 aliphatic rings. The Bertz CT molecular complexity index is 377. The highest BCUT2D eigenvalue weighted by Crippen LogP contribution is 2.18. The molecular weight excluding hydrogens is 270 g/mol. The molecule has 1 amide bonds. The van der Waals surface area contributed by atoms with Gasteiger partial charge < -0.3 is 10.6 Å².